The number of fused-ring (bicyclic) bond motifs is 1. The monoisotopic (exact) mass is 408 g/mol. The number of aromatic nitrogens is 2. The summed E-state index contributed by atoms with van der Waals surface area (Å²) in [4.78, 5) is 21.7. The largest absolute Gasteiger partial charge is 0.461 e. The lowest BCUT2D eigenvalue weighted by atomic mass is 10.1. The summed E-state index contributed by atoms with van der Waals surface area (Å²) in [5, 5.41) is 4.94. The van der Waals surface area contributed by atoms with E-state index in [1.165, 1.54) is 15.8 Å². The topological polar surface area (TPSA) is 75.6 Å². The Kier molecular flexibility index (Phi) is 4.35. The van der Waals surface area contributed by atoms with Gasteiger partial charge in [-0.1, -0.05) is 22.6 Å². The Morgan fingerprint density at radius 2 is 1.93 bits per heavy atom. The van der Waals surface area contributed by atoms with E-state index < -0.39 is 0 Å². The molecule has 1 fully saturated rings. The molecule has 1 aromatic carbocycles. The van der Waals surface area contributed by atoms with Crippen molar-refractivity contribution in [1.29, 1.82) is 0 Å². The molecule has 148 valence electrons. The van der Waals surface area contributed by atoms with Gasteiger partial charge in [0, 0.05) is 32.2 Å². The number of amides is 1. The van der Waals surface area contributed by atoms with Crippen LogP contribution in [0.3, 0.4) is 0 Å². The molecule has 1 amide bonds. The molecule has 0 radical (unpaired) electrons. The van der Waals surface area contributed by atoms with Gasteiger partial charge in [0.2, 0.25) is 5.76 Å². The Morgan fingerprint density at radius 1 is 1.10 bits per heavy atom. The van der Waals surface area contributed by atoms with Gasteiger partial charge in [0.25, 0.3) is 5.91 Å². The molecule has 0 atom stereocenters. The summed E-state index contributed by atoms with van der Waals surface area (Å²) in [6, 6.07) is 9.45. The van der Waals surface area contributed by atoms with Crippen molar-refractivity contribution >= 4 is 32.6 Å². The molecule has 4 heterocycles. The van der Waals surface area contributed by atoms with Crippen molar-refractivity contribution in [3.63, 3.8) is 0 Å². The van der Waals surface area contributed by atoms with E-state index in [1.54, 1.807) is 35.8 Å². The van der Waals surface area contributed by atoms with Crippen molar-refractivity contribution in [2.75, 3.05) is 31.1 Å². The summed E-state index contributed by atoms with van der Waals surface area (Å²) in [7, 11) is 0. The lowest BCUT2D eigenvalue weighted by Gasteiger charge is -2.34. The molecule has 0 unspecified atom stereocenters. The van der Waals surface area contributed by atoms with E-state index in [4.69, 9.17) is 13.9 Å². The third-order valence-electron chi connectivity index (χ3n) is 5.40. The zero-order valence-electron chi connectivity index (χ0n) is 16.2. The summed E-state index contributed by atoms with van der Waals surface area (Å²) >= 11 is 1.71. The van der Waals surface area contributed by atoms with Crippen molar-refractivity contribution in [2.45, 2.75) is 13.8 Å². The highest BCUT2D eigenvalue weighted by Crippen LogP contribution is 2.32. The normalized spacial score (nSPS) is 14.7. The minimum atomic E-state index is -0.123. The number of carbonyl (C=O) groups is 1. The number of carbonyl (C=O) groups excluding carboxylic acids is 1. The van der Waals surface area contributed by atoms with Crippen LogP contribution in [0.2, 0.25) is 0 Å². The van der Waals surface area contributed by atoms with E-state index in [2.05, 4.69) is 36.0 Å². The van der Waals surface area contributed by atoms with Crippen molar-refractivity contribution in [3.8, 4) is 11.5 Å². The second-order valence-electron chi connectivity index (χ2n) is 7.18. The second-order valence-corrected chi connectivity index (χ2v) is 8.19. The molecule has 7 nitrogen and oxygen atoms in total. The van der Waals surface area contributed by atoms with Crippen LogP contribution in [0.1, 0.15) is 21.6 Å². The molecule has 29 heavy (non-hydrogen) atoms. The van der Waals surface area contributed by atoms with Crippen molar-refractivity contribution in [3.05, 3.63) is 53.4 Å². The average Bonchev–Trinajstić information content (AvgIpc) is 3.50. The van der Waals surface area contributed by atoms with Crippen LogP contribution in [0.4, 0.5) is 5.13 Å². The molecule has 4 aromatic rings. The zero-order chi connectivity index (χ0) is 20.0. The maximum atomic E-state index is 12.8. The fourth-order valence-corrected chi connectivity index (χ4v) is 4.60. The van der Waals surface area contributed by atoms with E-state index in [0.717, 1.165) is 23.7 Å². The van der Waals surface area contributed by atoms with E-state index in [-0.39, 0.29) is 5.91 Å². The van der Waals surface area contributed by atoms with Crippen LogP contribution in [0.5, 0.6) is 0 Å². The van der Waals surface area contributed by atoms with Crippen LogP contribution >= 0.6 is 11.3 Å². The first-order valence-corrected chi connectivity index (χ1v) is 10.3. The minimum absolute atomic E-state index is 0.123. The molecule has 0 spiro atoms. The van der Waals surface area contributed by atoms with Crippen LogP contribution in [-0.4, -0.2) is 47.1 Å². The molecule has 1 aliphatic heterocycles. The van der Waals surface area contributed by atoms with Crippen LogP contribution in [-0.2, 0) is 0 Å². The number of furan rings is 1. The molecule has 1 saturated heterocycles. The van der Waals surface area contributed by atoms with E-state index >= 15 is 0 Å². The van der Waals surface area contributed by atoms with Gasteiger partial charge < -0.3 is 18.7 Å². The molecule has 0 saturated carbocycles. The first-order valence-electron chi connectivity index (χ1n) is 9.52. The third kappa shape index (κ3) is 3.19. The maximum absolute atomic E-state index is 12.8. The second kappa shape index (κ2) is 7.04. The van der Waals surface area contributed by atoms with Gasteiger partial charge in [-0.25, -0.2) is 4.98 Å². The van der Waals surface area contributed by atoms with Gasteiger partial charge >= 0.3 is 0 Å². The number of thiazole rings is 1. The van der Waals surface area contributed by atoms with Gasteiger partial charge in [0.05, 0.1) is 16.5 Å². The number of aryl methyl sites for hydroxylation is 2. The Labute approximate surface area is 171 Å². The fourth-order valence-electron chi connectivity index (χ4n) is 3.52. The molecule has 0 N–H and O–H groups in total. The fraction of sp³-hybridized carbons (Fsp3) is 0.286. The number of anilines is 1. The van der Waals surface area contributed by atoms with Crippen LogP contribution in [0, 0.1) is 13.8 Å². The number of piperazine rings is 1. The van der Waals surface area contributed by atoms with Crippen LogP contribution < -0.4 is 4.90 Å². The van der Waals surface area contributed by atoms with Gasteiger partial charge in [0.15, 0.2) is 16.6 Å². The summed E-state index contributed by atoms with van der Waals surface area (Å²) in [5.74, 6) is 0.891. The molecular weight excluding hydrogens is 388 g/mol. The Bertz CT molecular complexity index is 1170. The highest BCUT2D eigenvalue weighted by Gasteiger charge is 2.26. The van der Waals surface area contributed by atoms with Crippen molar-refractivity contribution in [1.82, 2.24) is 15.0 Å². The molecule has 0 aliphatic carbocycles. The first kappa shape index (κ1) is 17.9. The first-order chi connectivity index (χ1) is 14.1. The van der Waals surface area contributed by atoms with E-state index in [0.29, 0.717) is 30.3 Å². The van der Waals surface area contributed by atoms with Crippen molar-refractivity contribution < 1.29 is 13.7 Å². The summed E-state index contributed by atoms with van der Waals surface area (Å²) < 4.78 is 11.8. The maximum Gasteiger partial charge on any atom is 0.276 e. The highest BCUT2D eigenvalue weighted by atomic mass is 32.1. The lowest BCUT2D eigenvalue weighted by molar-refractivity contribution is 0.0736. The van der Waals surface area contributed by atoms with Gasteiger partial charge in [0.1, 0.15) is 0 Å². The van der Waals surface area contributed by atoms with Gasteiger partial charge in [-0.3, -0.25) is 4.79 Å². The Hall–Kier alpha value is -3.13. The van der Waals surface area contributed by atoms with Crippen molar-refractivity contribution in [2.24, 2.45) is 0 Å². The molecule has 3 aromatic heterocycles. The van der Waals surface area contributed by atoms with E-state index in [9.17, 15) is 4.79 Å². The van der Waals surface area contributed by atoms with E-state index in [1.807, 2.05) is 4.90 Å². The van der Waals surface area contributed by atoms with Crippen LogP contribution in [0.25, 0.3) is 21.7 Å². The molecule has 0 bridgehead atoms. The van der Waals surface area contributed by atoms with Gasteiger partial charge in [-0.15, -0.1) is 0 Å². The number of hydrogen-bond donors (Lipinski definition) is 0. The summed E-state index contributed by atoms with van der Waals surface area (Å²) in [6.45, 7) is 6.95. The summed E-state index contributed by atoms with van der Waals surface area (Å²) in [5.41, 5.74) is 3.87. The van der Waals surface area contributed by atoms with Crippen LogP contribution in [0.15, 0.2) is 45.5 Å². The number of rotatable bonds is 3. The number of nitrogens with zero attached hydrogens (tertiary/aromatic N) is 4. The summed E-state index contributed by atoms with van der Waals surface area (Å²) in [6.07, 6.45) is 1.56. The lowest BCUT2D eigenvalue weighted by Crippen LogP contribution is -2.48. The third-order valence-corrected chi connectivity index (χ3v) is 6.49. The predicted molar refractivity (Wildman–Crippen MR) is 111 cm³/mol. The molecule has 8 heteroatoms. The number of benzene rings is 1. The smallest absolute Gasteiger partial charge is 0.276 e. The van der Waals surface area contributed by atoms with Gasteiger partial charge in [-0.2, -0.15) is 0 Å². The molecule has 1 aliphatic rings. The Morgan fingerprint density at radius 3 is 2.69 bits per heavy atom. The quantitative estimate of drug-likeness (QED) is 0.508. The Balaban J connectivity index is 1.28. The predicted octanol–water partition coefficient (Wildman–Crippen LogP) is 4.12. The zero-order valence-corrected chi connectivity index (χ0v) is 17.0. The molecular formula is C21H20N4O3S. The molecule has 5 rings (SSSR count). The minimum Gasteiger partial charge on any atom is -0.461 e. The average molecular weight is 408 g/mol. The standard InChI is InChI=1S/C21H20N4O3S/c1-13-5-6-18-19(14(13)2)22-21(29-18)25-9-7-24(8-10-25)20(26)15-12-17(28-23-15)16-4-3-11-27-16/h3-6,11-12H,7-10H2,1-2H3. The highest BCUT2D eigenvalue weighted by molar-refractivity contribution is 7.22. The number of hydrogen-bond acceptors (Lipinski definition) is 7. The SMILES string of the molecule is Cc1ccc2sc(N3CCN(C(=O)c4cc(-c5ccco5)on4)CC3)nc2c1C. The van der Waals surface area contributed by atoms with Gasteiger partial charge in [-0.05, 0) is 43.2 Å².